The number of carboxylic acids is 1. The number of rotatable bonds is 4. The van der Waals surface area contributed by atoms with E-state index < -0.39 is 27.6 Å². The molecule has 0 saturated carbocycles. The lowest BCUT2D eigenvalue weighted by Crippen LogP contribution is -2.13. The molecule has 0 atom stereocenters. The first-order valence-electron chi connectivity index (χ1n) is 5.64. The number of aromatic carboxylic acids is 1. The molecule has 0 aromatic heterocycles. The van der Waals surface area contributed by atoms with Crippen LogP contribution < -0.4 is 4.72 Å². The van der Waals surface area contributed by atoms with Gasteiger partial charge in [0.25, 0.3) is 10.0 Å². The highest BCUT2D eigenvalue weighted by Crippen LogP contribution is 2.24. The molecule has 3 N–H and O–H groups in total. The Morgan fingerprint density at radius 1 is 1.10 bits per heavy atom. The number of phenols is 1. The van der Waals surface area contributed by atoms with Crippen molar-refractivity contribution in [2.75, 3.05) is 4.72 Å². The number of carbonyl (C=O) groups is 1. The summed E-state index contributed by atoms with van der Waals surface area (Å²) in [5, 5.41) is 18.3. The zero-order valence-electron chi connectivity index (χ0n) is 10.4. The van der Waals surface area contributed by atoms with Crippen LogP contribution in [0.2, 0.25) is 0 Å². The van der Waals surface area contributed by atoms with Crippen LogP contribution in [0, 0.1) is 5.82 Å². The fraction of sp³-hybridized carbons (Fsp3) is 0. The Hall–Kier alpha value is -2.61. The molecular weight excluding hydrogens is 301 g/mol. The molecule has 0 saturated heterocycles. The minimum atomic E-state index is -3.96. The fourth-order valence-electron chi connectivity index (χ4n) is 1.60. The van der Waals surface area contributed by atoms with E-state index >= 15 is 0 Å². The molecule has 0 unspecified atom stereocenters. The lowest BCUT2D eigenvalue weighted by atomic mass is 10.2. The largest absolute Gasteiger partial charge is 0.507 e. The van der Waals surface area contributed by atoms with Gasteiger partial charge in [0.15, 0.2) is 0 Å². The Balaban J connectivity index is 2.31. The summed E-state index contributed by atoms with van der Waals surface area (Å²) >= 11 is 0. The zero-order valence-corrected chi connectivity index (χ0v) is 11.3. The van der Waals surface area contributed by atoms with Crippen LogP contribution in [-0.2, 0) is 10.0 Å². The van der Waals surface area contributed by atoms with Crippen LogP contribution in [0.5, 0.6) is 5.75 Å². The summed E-state index contributed by atoms with van der Waals surface area (Å²) in [4.78, 5) is 10.6. The van der Waals surface area contributed by atoms with Gasteiger partial charge in [-0.25, -0.2) is 17.6 Å². The predicted octanol–water partition coefficient (Wildman–Crippen LogP) is 2.03. The summed E-state index contributed by atoms with van der Waals surface area (Å²) in [6.07, 6.45) is 0. The fourth-order valence-corrected chi connectivity index (χ4v) is 2.65. The highest BCUT2D eigenvalue weighted by atomic mass is 32.2. The minimum absolute atomic E-state index is 0.0122. The minimum Gasteiger partial charge on any atom is -0.507 e. The van der Waals surface area contributed by atoms with E-state index in [1.807, 2.05) is 0 Å². The molecule has 0 fully saturated rings. The van der Waals surface area contributed by atoms with E-state index in [0.717, 1.165) is 36.4 Å². The number of hydrogen-bond donors (Lipinski definition) is 3. The summed E-state index contributed by atoms with van der Waals surface area (Å²) in [6.45, 7) is 0. The van der Waals surface area contributed by atoms with Crippen LogP contribution in [0.1, 0.15) is 10.4 Å². The highest BCUT2D eigenvalue weighted by Gasteiger charge is 2.16. The number of nitrogens with one attached hydrogen (secondary N) is 1. The van der Waals surface area contributed by atoms with E-state index in [0.29, 0.717) is 0 Å². The predicted molar refractivity (Wildman–Crippen MR) is 72.3 cm³/mol. The van der Waals surface area contributed by atoms with Crippen molar-refractivity contribution in [3.05, 3.63) is 53.8 Å². The summed E-state index contributed by atoms with van der Waals surface area (Å²) in [6, 6.07) is 7.42. The maximum absolute atomic E-state index is 12.8. The zero-order chi connectivity index (χ0) is 15.6. The normalized spacial score (nSPS) is 11.1. The number of sulfonamides is 1. The lowest BCUT2D eigenvalue weighted by molar-refractivity contribution is 0.0694. The first-order chi connectivity index (χ1) is 9.79. The monoisotopic (exact) mass is 311 g/mol. The maximum Gasteiger partial charge on any atom is 0.339 e. The number of anilines is 1. The molecule has 0 spiro atoms. The lowest BCUT2D eigenvalue weighted by Gasteiger charge is -2.09. The molecule has 8 heteroatoms. The average molecular weight is 311 g/mol. The van der Waals surface area contributed by atoms with Crippen LogP contribution in [0.15, 0.2) is 47.4 Å². The van der Waals surface area contributed by atoms with Crippen molar-refractivity contribution in [3.8, 4) is 5.75 Å². The molecule has 2 aromatic rings. The molecule has 0 amide bonds. The van der Waals surface area contributed by atoms with Crippen molar-refractivity contribution in [1.29, 1.82) is 0 Å². The summed E-state index contributed by atoms with van der Waals surface area (Å²) in [5.41, 5.74) is -0.360. The van der Waals surface area contributed by atoms with E-state index in [2.05, 4.69) is 4.72 Å². The van der Waals surface area contributed by atoms with E-state index in [1.54, 1.807) is 0 Å². The Labute approximate surface area is 119 Å². The van der Waals surface area contributed by atoms with Crippen molar-refractivity contribution in [2.24, 2.45) is 0 Å². The molecule has 6 nitrogen and oxygen atoms in total. The molecule has 0 aliphatic heterocycles. The quantitative estimate of drug-likeness (QED) is 0.801. The van der Waals surface area contributed by atoms with Gasteiger partial charge >= 0.3 is 5.97 Å². The van der Waals surface area contributed by atoms with Gasteiger partial charge in [-0.1, -0.05) is 0 Å². The Kier molecular flexibility index (Phi) is 3.81. The molecule has 2 rings (SSSR count). The third-order valence-corrected chi connectivity index (χ3v) is 4.00. The van der Waals surface area contributed by atoms with E-state index in [-0.39, 0.29) is 16.1 Å². The Bertz CT molecular complexity index is 787. The second-order valence-corrected chi connectivity index (χ2v) is 5.78. The SMILES string of the molecule is O=C(O)c1ccc(NS(=O)(=O)c2ccc(F)cc2)cc1O. The van der Waals surface area contributed by atoms with Gasteiger partial charge in [0, 0.05) is 6.07 Å². The van der Waals surface area contributed by atoms with Gasteiger partial charge in [-0.2, -0.15) is 0 Å². The molecule has 0 radical (unpaired) electrons. The van der Waals surface area contributed by atoms with Crippen LogP contribution in [0.25, 0.3) is 0 Å². The van der Waals surface area contributed by atoms with Crippen molar-refractivity contribution in [3.63, 3.8) is 0 Å². The summed E-state index contributed by atoms with van der Waals surface area (Å²) < 4.78 is 39.0. The van der Waals surface area contributed by atoms with E-state index in [1.165, 1.54) is 6.07 Å². The molecule has 0 aliphatic carbocycles. The molecule has 110 valence electrons. The van der Waals surface area contributed by atoms with Gasteiger partial charge in [-0.05, 0) is 36.4 Å². The first-order valence-corrected chi connectivity index (χ1v) is 7.12. The molecule has 2 aromatic carbocycles. The Morgan fingerprint density at radius 2 is 1.71 bits per heavy atom. The average Bonchev–Trinajstić information content (AvgIpc) is 2.38. The van der Waals surface area contributed by atoms with E-state index in [4.69, 9.17) is 5.11 Å². The van der Waals surface area contributed by atoms with Gasteiger partial charge in [0.05, 0.1) is 10.6 Å². The number of benzene rings is 2. The second-order valence-electron chi connectivity index (χ2n) is 4.10. The number of aromatic hydroxyl groups is 1. The highest BCUT2D eigenvalue weighted by molar-refractivity contribution is 7.92. The Morgan fingerprint density at radius 3 is 2.24 bits per heavy atom. The number of halogens is 1. The van der Waals surface area contributed by atoms with Crippen LogP contribution in [0.4, 0.5) is 10.1 Å². The van der Waals surface area contributed by atoms with Crippen LogP contribution >= 0.6 is 0 Å². The second kappa shape index (κ2) is 5.41. The maximum atomic E-state index is 12.8. The van der Waals surface area contributed by atoms with Gasteiger partial charge < -0.3 is 10.2 Å². The third kappa shape index (κ3) is 3.29. The van der Waals surface area contributed by atoms with Crippen molar-refractivity contribution in [2.45, 2.75) is 4.90 Å². The molecule has 0 bridgehead atoms. The van der Waals surface area contributed by atoms with Gasteiger partial charge in [0.2, 0.25) is 0 Å². The van der Waals surface area contributed by atoms with Gasteiger partial charge in [-0.3, -0.25) is 4.72 Å². The van der Waals surface area contributed by atoms with Crippen LogP contribution in [-0.4, -0.2) is 24.6 Å². The molecule has 0 aliphatic rings. The van der Waals surface area contributed by atoms with Gasteiger partial charge in [-0.15, -0.1) is 0 Å². The van der Waals surface area contributed by atoms with Crippen molar-refractivity contribution in [1.82, 2.24) is 0 Å². The molecule has 0 heterocycles. The number of carboxylic acid groups (broad SMARTS) is 1. The van der Waals surface area contributed by atoms with Crippen molar-refractivity contribution >= 4 is 21.7 Å². The molecular formula is C13H10FNO5S. The molecule has 21 heavy (non-hydrogen) atoms. The third-order valence-electron chi connectivity index (χ3n) is 2.60. The van der Waals surface area contributed by atoms with Crippen LogP contribution in [0.3, 0.4) is 0 Å². The van der Waals surface area contributed by atoms with Gasteiger partial charge in [0.1, 0.15) is 17.1 Å². The first kappa shape index (κ1) is 14.8. The topological polar surface area (TPSA) is 104 Å². The number of hydrogen-bond acceptors (Lipinski definition) is 4. The summed E-state index contributed by atoms with van der Waals surface area (Å²) in [7, 11) is -3.96. The smallest absolute Gasteiger partial charge is 0.339 e. The van der Waals surface area contributed by atoms with E-state index in [9.17, 15) is 22.7 Å². The summed E-state index contributed by atoms with van der Waals surface area (Å²) in [5.74, 6) is -2.47. The van der Waals surface area contributed by atoms with Crippen molar-refractivity contribution < 1.29 is 27.8 Å². The standard InChI is InChI=1S/C13H10FNO5S/c14-8-1-4-10(5-2-8)21(19,20)15-9-3-6-11(13(17)18)12(16)7-9/h1-7,15-16H,(H,17,18).